The normalized spacial score (nSPS) is 11.6. The first-order valence-electron chi connectivity index (χ1n) is 5.56. The Morgan fingerprint density at radius 1 is 1.50 bits per heavy atom. The molecule has 1 aromatic heterocycles. The van der Waals surface area contributed by atoms with Crippen LogP contribution in [0.1, 0.15) is 24.4 Å². The number of nitrogens with one attached hydrogen (secondary N) is 1. The average molecular weight is 254 g/mol. The molecule has 0 saturated carbocycles. The maximum absolute atomic E-state index is 11.5. The lowest BCUT2D eigenvalue weighted by atomic mass is 10.1. The Morgan fingerprint density at radius 3 is 2.67 bits per heavy atom. The second-order valence-electron chi connectivity index (χ2n) is 4.84. The van der Waals surface area contributed by atoms with Gasteiger partial charge in [-0.2, -0.15) is 0 Å². The van der Waals surface area contributed by atoms with Crippen molar-refractivity contribution >= 4 is 11.8 Å². The first-order chi connectivity index (χ1) is 8.28. The molecule has 0 radical (unpaired) electrons. The molecule has 0 spiro atoms. The van der Waals surface area contributed by atoms with Crippen LogP contribution < -0.4 is 5.32 Å². The fourth-order valence-corrected chi connectivity index (χ4v) is 1.60. The summed E-state index contributed by atoms with van der Waals surface area (Å²) in [5, 5.41) is 11.8. The maximum atomic E-state index is 11.5. The summed E-state index contributed by atoms with van der Waals surface area (Å²) in [4.78, 5) is 24.7. The summed E-state index contributed by atoms with van der Waals surface area (Å²) in [6.45, 7) is 3.65. The molecule has 6 heteroatoms. The van der Waals surface area contributed by atoms with E-state index in [1.54, 1.807) is 31.9 Å². The van der Waals surface area contributed by atoms with Crippen LogP contribution in [0.15, 0.2) is 22.8 Å². The highest BCUT2D eigenvalue weighted by atomic mass is 16.3. The number of hydrogen-bond donors (Lipinski definition) is 2. The van der Waals surface area contributed by atoms with E-state index in [1.165, 1.54) is 12.3 Å². The molecule has 0 bridgehead atoms. The lowest BCUT2D eigenvalue weighted by molar-refractivity contribution is -0.121. The predicted octanol–water partition coefficient (Wildman–Crippen LogP) is 0.239. The van der Waals surface area contributed by atoms with Gasteiger partial charge in [-0.1, -0.05) is 0 Å². The summed E-state index contributed by atoms with van der Waals surface area (Å²) in [5.41, 5.74) is -0.889. The molecule has 1 rings (SSSR count). The number of carbonyl (C=O) groups is 2. The van der Waals surface area contributed by atoms with Gasteiger partial charge in [0.1, 0.15) is 0 Å². The summed E-state index contributed by atoms with van der Waals surface area (Å²) >= 11 is 0. The van der Waals surface area contributed by atoms with Crippen molar-refractivity contribution in [2.45, 2.75) is 19.4 Å². The van der Waals surface area contributed by atoms with Crippen molar-refractivity contribution in [3.63, 3.8) is 0 Å². The van der Waals surface area contributed by atoms with Crippen molar-refractivity contribution in [3.8, 4) is 0 Å². The Morgan fingerprint density at radius 2 is 2.17 bits per heavy atom. The summed E-state index contributed by atoms with van der Waals surface area (Å²) in [6, 6.07) is 3.04. The molecule has 0 fully saturated rings. The fourth-order valence-electron chi connectivity index (χ4n) is 1.60. The molecule has 6 nitrogen and oxygen atoms in total. The van der Waals surface area contributed by atoms with Crippen LogP contribution in [0.3, 0.4) is 0 Å². The van der Waals surface area contributed by atoms with E-state index in [9.17, 15) is 14.7 Å². The Bertz CT molecular complexity index is 406. The second-order valence-corrected chi connectivity index (χ2v) is 4.84. The van der Waals surface area contributed by atoms with E-state index in [0.717, 1.165) is 0 Å². The molecule has 2 N–H and O–H groups in total. The highest BCUT2D eigenvalue weighted by Gasteiger charge is 2.19. The van der Waals surface area contributed by atoms with Gasteiger partial charge in [0.2, 0.25) is 5.91 Å². The molecule has 18 heavy (non-hydrogen) atoms. The van der Waals surface area contributed by atoms with Gasteiger partial charge in [0.15, 0.2) is 5.76 Å². The van der Waals surface area contributed by atoms with E-state index in [4.69, 9.17) is 4.42 Å². The zero-order valence-corrected chi connectivity index (χ0v) is 10.8. The molecule has 0 atom stereocenters. The van der Waals surface area contributed by atoms with Crippen molar-refractivity contribution in [1.82, 2.24) is 10.2 Å². The topological polar surface area (TPSA) is 82.8 Å². The van der Waals surface area contributed by atoms with Crippen molar-refractivity contribution in [2.24, 2.45) is 0 Å². The van der Waals surface area contributed by atoms with E-state index < -0.39 is 17.4 Å². The number of aliphatic hydroxyl groups is 1. The molecular weight excluding hydrogens is 236 g/mol. The standard InChI is InChI=1S/C12H18N2O4/c1-12(2,17)8-14(3)7-10(15)13-11(16)9-5-4-6-18-9/h4-6,17H,7-8H2,1-3H3,(H,13,15,16). The van der Waals surface area contributed by atoms with Gasteiger partial charge < -0.3 is 9.52 Å². The Labute approximate surface area is 106 Å². The first kappa shape index (κ1) is 14.4. The summed E-state index contributed by atoms with van der Waals surface area (Å²) in [5.74, 6) is -0.918. The average Bonchev–Trinajstić information content (AvgIpc) is 2.65. The van der Waals surface area contributed by atoms with E-state index >= 15 is 0 Å². The van der Waals surface area contributed by atoms with E-state index in [0.29, 0.717) is 6.54 Å². The van der Waals surface area contributed by atoms with Crippen molar-refractivity contribution in [2.75, 3.05) is 20.1 Å². The highest BCUT2D eigenvalue weighted by molar-refractivity contribution is 6.03. The maximum Gasteiger partial charge on any atom is 0.293 e. The van der Waals surface area contributed by atoms with Gasteiger partial charge in [-0.15, -0.1) is 0 Å². The molecule has 0 unspecified atom stereocenters. The van der Waals surface area contributed by atoms with E-state index in [2.05, 4.69) is 5.32 Å². The van der Waals surface area contributed by atoms with Crippen LogP contribution in [0.25, 0.3) is 0 Å². The molecule has 1 aromatic rings. The smallest absolute Gasteiger partial charge is 0.293 e. The van der Waals surface area contributed by atoms with Crippen LogP contribution in [-0.4, -0.2) is 47.6 Å². The fraction of sp³-hybridized carbons (Fsp3) is 0.500. The third kappa shape index (κ3) is 5.11. The minimum atomic E-state index is -0.889. The largest absolute Gasteiger partial charge is 0.459 e. The van der Waals surface area contributed by atoms with Gasteiger partial charge >= 0.3 is 0 Å². The number of likely N-dealkylation sites (N-methyl/N-ethyl adjacent to an activating group) is 1. The lowest BCUT2D eigenvalue weighted by Gasteiger charge is -2.24. The Balaban J connectivity index is 2.40. The molecule has 0 aliphatic heterocycles. The zero-order chi connectivity index (χ0) is 13.8. The molecule has 100 valence electrons. The van der Waals surface area contributed by atoms with Crippen molar-refractivity contribution < 1.29 is 19.1 Å². The summed E-state index contributed by atoms with van der Waals surface area (Å²) in [6.07, 6.45) is 1.36. The number of rotatable bonds is 5. The van der Waals surface area contributed by atoms with Gasteiger partial charge in [0.25, 0.3) is 5.91 Å². The van der Waals surface area contributed by atoms with E-state index in [1.807, 2.05) is 0 Å². The first-order valence-corrected chi connectivity index (χ1v) is 5.56. The second kappa shape index (κ2) is 5.79. The summed E-state index contributed by atoms with van der Waals surface area (Å²) < 4.78 is 4.86. The quantitative estimate of drug-likeness (QED) is 0.786. The van der Waals surface area contributed by atoms with Crippen LogP contribution in [0.5, 0.6) is 0 Å². The van der Waals surface area contributed by atoms with Crippen molar-refractivity contribution in [1.29, 1.82) is 0 Å². The summed E-state index contributed by atoms with van der Waals surface area (Å²) in [7, 11) is 1.69. The number of imide groups is 1. The lowest BCUT2D eigenvalue weighted by Crippen LogP contribution is -2.43. The number of furan rings is 1. The van der Waals surface area contributed by atoms with Crippen LogP contribution in [0.4, 0.5) is 0 Å². The van der Waals surface area contributed by atoms with Crippen LogP contribution in [0, 0.1) is 0 Å². The minimum absolute atomic E-state index is 0.0242. The molecule has 2 amide bonds. The molecule has 1 heterocycles. The van der Waals surface area contributed by atoms with Crippen LogP contribution in [-0.2, 0) is 4.79 Å². The number of nitrogens with zero attached hydrogens (tertiary/aromatic N) is 1. The Hall–Kier alpha value is -1.66. The number of hydrogen-bond acceptors (Lipinski definition) is 5. The third-order valence-corrected chi connectivity index (χ3v) is 2.07. The van der Waals surface area contributed by atoms with Gasteiger partial charge in [-0.3, -0.25) is 19.8 Å². The van der Waals surface area contributed by atoms with E-state index in [-0.39, 0.29) is 12.3 Å². The van der Waals surface area contributed by atoms with Gasteiger partial charge in [0, 0.05) is 6.54 Å². The van der Waals surface area contributed by atoms with Gasteiger partial charge in [-0.05, 0) is 33.0 Å². The predicted molar refractivity (Wildman–Crippen MR) is 65.0 cm³/mol. The highest BCUT2D eigenvalue weighted by Crippen LogP contribution is 2.03. The van der Waals surface area contributed by atoms with Crippen LogP contribution in [0.2, 0.25) is 0 Å². The number of amides is 2. The zero-order valence-electron chi connectivity index (χ0n) is 10.8. The van der Waals surface area contributed by atoms with Crippen LogP contribution >= 0.6 is 0 Å². The van der Waals surface area contributed by atoms with Crippen molar-refractivity contribution in [3.05, 3.63) is 24.2 Å². The number of carbonyl (C=O) groups excluding carboxylic acids is 2. The van der Waals surface area contributed by atoms with Gasteiger partial charge in [0.05, 0.1) is 18.4 Å². The van der Waals surface area contributed by atoms with Gasteiger partial charge in [-0.25, -0.2) is 0 Å². The molecule has 0 aromatic carbocycles. The monoisotopic (exact) mass is 254 g/mol. The minimum Gasteiger partial charge on any atom is -0.459 e. The molecule has 0 aliphatic rings. The molecular formula is C12H18N2O4. The Kier molecular flexibility index (Phi) is 4.63. The molecule has 0 saturated heterocycles. The molecule has 0 aliphatic carbocycles. The SMILES string of the molecule is CN(CC(=O)NC(=O)c1ccco1)CC(C)(C)O. The third-order valence-electron chi connectivity index (χ3n) is 2.07.